The molecule has 7 nitrogen and oxygen atoms in total. The Morgan fingerprint density at radius 3 is 2.40 bits per heavy atom. The van der Waals surface area contributed by atoms with Crippen LogP contribution in [0.3, 0.4) is 0 Å². The zero-order valence-electron chi connectivity index (χ0n) is 14.8. The molecule has 1 heterocycles. The summed E-state index contributed by atoms with van der Waals surface area (Å²) in [6.45, 7) is 2.37. The molecule has 1 atom stereocenters. The van der Waals surface area contributed by atoms with Crippen LogP contribution in [0.4, 0.5) is 0 Å². The van der Waals surface area contributed by atoms with E-state index in [1.165, 1.54) is 38.4 Å². The fourth-order valence-electron chi connectivity index (χ4n) is 2.74. The molecule has 8 heteroatoms. The summed E-state index contributed by atoms with van der Waals surface area (Å²) in [4.78, 5) is 26.1. The average molecular weight is 368 g/mol. The second-order valence-electron chi connectivity index (χ2n) is 6.32. The number of sulfonamides is 1. The van der Waals surface area contributed by atoms with Gasteiger partial charge in [-0.3, -0.25) is 4.79 Å². The fourth-order valence-corrected chi connectivity index (χ4v) is 3.64. The van der Waals surface area contributed by atoms with Crippen LogP contribution in [0, 0.1) is 0 Å². The topological polar surface area (TPSA) is 84.0 Å². The Bertz CT molecular complexity index is 728. The maximum atomic E-state index is 12.2. The van der Waals surface area contributed by atoms with Gasteiger partial charge in [0.25, 0.3) is 5.91 Å². The average Bonchev–Trinajstić information content (AvgIpc) is 2.59. The van der Waals surface area contributed by atoms with E-state index >= 15 is 0 Å². The number of nitrogens with zero attached hydrogens (tertiary/aromatic N) is 2. The molecular formula is C17H24N2O5S. The first-order valence-corrected chi connectivity index (χ1v) is 9.66. The number of esters is 1. The molecule has 1 fully saturated rings. The highest BCUT2D eigenvalue weighted by atomic mass is 32.2. The molecule has 25 heavy (non-hydrogen) atoms. The molecule has 0 aromatic heterocycles. The minimum Gasteiger partial charge on any atom is -0.452 e. The Kier molecular flexibility index (Phi) is 6.18. The number of amides is 1. The van der Waals surface area contributed by atoms with Crippen LogP contribution in [-0.2, 0) is 19.6 Å². The van der Waals surface area contributed by atoms with Crippen LogP contribution in [0.2, 0.25) is 0 Å². The molecule has 138 valence electrons. The summed E-state index contributed by atoms with van der Waals surface area (Å²) in [5.41, 5.74) is 0.206. The highest BCUT2D eigenvalue weighted by Gasteiger charge is 2.24. The highest BCUT2D eigenvalue weighted by molar-refractivity contribution is 7.89. The predicted octanol–water partition coefficient (Wildman–Crippen LogP) is 1.49. The van der Waals surface area contributed by atoms with Gasteiger partial charge < -0.3 is 9.64 Å². The summed E-state index contributed by atoms with van der Waals surface area (Å²) in [6, 6.07) is 5.62. The van der Waals surface area contributed by atoms with Crippen LogP contribution >= 0.6 is 0 Å². The van der Waals surface area contributed by atoms with E-state index in [-0.39, 0.29) is 29.0 Å². The number of rotatable bonds is 5. The van der Waals surface area contributed by atoms with E-state index in [1.54, 1.807) is 4.90 Å². The lowest BCUT2D eigenvalue weighted by molar-refractivity contribution is -0.137. The van der Waals surface area contributed by atoms with Crippen LogP contribution in [0.15, 0.2) is 29.2 Å². The number of piperidine rings is 1. The first kappa shape index (κ1) is 19.4. The fraction of sp³-hybridized carbons (Fsp3) is 0.529. The number of hydrogen-bond donors (Lipinski definition) is 0. The molecule has 0 spiro atoms. The van der Waals surface area contributed by atoms with Crippen molar-refractivity contribution in [2.45, 2.75) is 37.1 Å². The van der Waals surface area contributed by atoms with Crippen molar-refractivity contribution in [2.75, 3.05) is 27.2 Å². The molecule has 1 aromatic rings. The van der Waals surface area contributed by atoms with Gasteiger partial charge in [0.05, 0.1) is 10.5 Å². The van der Waals surface area contributed by atoms with Crippen molar-refractivity contribution < 1.29 is 22.7 Å². The first-order chi connectivity index (χ1) is 11.7. The number of benzene rings is 1. The van der Waals surface area contributed by atoms with E-state index in [1.807, 2.05) is 6.92 Å². The lowest BCUT2D eigenvalue weighted by Crippen LogP contribution is -2.44. The monoisotopic (exact) mass is 368 g/mol. The Balaban J connectivity index is 1.96. The summed E-state index contributed by atoms with van der Waals surface area (Å²) >= 11 is 0. The number of likely N-dealkylation sites (tertiary alicyclic amines) is 1. The summed E-state index contributed by atoms with van der Waals surface area (Å²) in [6.07, 6.45) is 3.03. The van der Waals surface area contributed by atoms with Gasteiger partial charge in [0.15, 0.2) is 6.61 Å². The maximum absolute atomic E-state index is 12.2. The van der Waals surface area contributed by atoms with E-state index < -0.39 is 16.0 Å². The van der Waals surface area contributed by atoms with E-state index in [2.05, 4.69) is 0 Å². The van der Waals surface area contributed by atoms with Gasteiger partial charge in [0.2, 0.25) is 10.0 Å². The third kappa shape index (κ3) is 4.58. The molecule has 2 rings (SSSR count). The van der Waals surface area contributed by atoms with E-state index in [4.69, 9.17) is 4.74 Å². The number of carbonyl (C=O) groups is 2. The van der Waals surface area contributed by atoms with Gasteiger partial charge in [-0.2, -0.15) is 0 Å². The summed E-state index contributed by atoms with van der Waals surface area (Å²) in [5, 5.41) is 0. The third-order valence-corrected chi connectivity index (χ3v) is 6.15. The predicted molar refractivity (Wildman–Crippen MR) is 92.6 cm³/mol. The molecule has 1 aliphatic rings. The number of carbonyl (C=O) groups excluding carboxylic acids is 2. The van der Waals surface area contributed by atoms with Gasteiger partial charge in [-0.15, -0.1) is 0 Å². The highest BCUT2D eigenvalue weighted by Crippen LogP contribution is 2.17. The van der Waals surface area contributed by atoms with Crippen LogP contribution in [-0.4, -0.2) is 62.8 Å². The Morgan fingerprint density at radius 1 is 1.20 bits per heavy atom. The number of hydrogen-bond acceptors (Lipinski definition) is 5. The smallest absolute Gasteiger partial charge is 0.338 e. The van der Waals surface area contributed by atoms with E-state index in [0.29, 0.717) is 6.54 Å². The summed E-state index contributed by atoms with van der Waals surface area (Å²) in [7, 11) is -0.675. The first-order valence-electron chi connectivity index (χ1n) is 8.22. The van der Waals surface area contributed by atoms with Crippen molar-refractivity contribution in [3.05, 3.63) is 29.8 Å². The van der Waals surface area contributed by atoms with Crippen LogP contribution < -0.4 is 0 Å². The molecule has 0 aliphatic carbocycles. The van der Waals surface area contributed by atoms with Crippen molar-refractivity contribution in [3.63, 3.8) is 0 Å². The molecule has 0 bridgehead atoms. The Labute approximate surface area is 148 Å². The Morgan fingerprint density at radius 2 is 1.84 bits per heavy atom. The minimum absolute atomic E-state index is 0.0901. The molecule has 1 aromatic carbocycles. The molecule has 0 saturated carbocycles. The van der Waals surface area contributed by atoms with Gasteiger partial charge >= 0.3 is 5.97 Å². The van der Waals surface area contributed by atoms with Crippen molar-refractivity contribution in [1.82, 2.24) is 9.21 Å². The van der Waals surface area contributed by atoms with Crippen LogP contribution in [0.5, 0.6) is 0 Å². The second kappa shape index (κ2) is 7.97. The van der Waals surface area contributed by atoms with Crippen molar-refractivity contribution in [1.29, 1.82) is 0 Å². The molecular weight excluding hydrogens is 344 g/mol. The lowest BCUT2D eigenvalue weighted by Gasteiger charge is -2.33. The number of ether oxygens (including phenoxy) is 1. The van der Waals surface area contributed by atoms with Crippen molar-refractivity contribution in [2.24, 2.45) is 0 Å². The van der Waals surface area contributed by atoms with Crippen LogP contribution in [0.25, 0.3) is 0 Å². The maximum Gasteiger partial charge on any atom is 0.338 e. The third-order valence-electron chi connectivity index (χ3n) is 4.32. The SMILES string of the molecule is C[C@@H]1CCCCN1C(=O)COC(=O)c1ccc(S(=O)(=O)N(C)C)cc1. The zero-order valence-corrected chi connectivity index (χ0v) is 15.6. The van der Waals surface area contributed by atoms with Gasteiger partial charge in [0, 0.05) is 26.7 Å². The van der Waals surface area contributed by atoms with Gasteiger partial charge in [-0.25, -0.2) is 17.5 Å². The quantitative estimate of drug-likeness (QED) is 0.736. The van der Waals surface area contributed by atoms with Crippen molar-refractivity contribution in [3.8, 4) is 0 Å². The molecule has 0 unspecified atom stereocenters. The molecule has 0 N–H and O–H groups in total. The van der Waals surface area contributed by atoms with Crippen molar-refractivity contribution >= 4 is 21.9 Å². The van der Waals surface area contributed by atoms with Gasteiger partial charge in [-0.1, -0.05) is 0 Å². The van der Waals surface area contributed by atoms with E-state index in [0.717, 1.165) is 23.6 Å². The Hall–Kier alpha value is -1.93. The largest absolute Gasteiger partial charge is 0.452 e. The van der Waals surface area contributed by atoms with Gasteiger partial charge in [0.1, 0.15) is 0 Å². The van der Waals surface area contributed by atoms with Crippen LogP contribution in [0.1, 0.15) is 36.5 Å². The molecule has 1 amide bonds. The minimum atomic E-state index is -3.55. The second-order valence-corrected chi connectivity index (χ2v) is 8.47. The summed E-state index contributed by atoms with van der Waals surface area (Å²) in [5.74, 6) is -0.848. The molecule has 0 radical (unpaired) electrons. The molecule has 1 aliphatic heterocycles. The normalized spacial score (nSPS) is 18.2. The zero-order chi connectivity index (χ0) is 18.6. The molecule has 1 saturated heterocycles. The van der Waals surface area contributed by atoms with Gasteiger partial charge in [-0.05, 0) is 50.5 Å². The lowest BCUT2D eigenvalue weighted by atomic mass is 10.0. The summed E-state index contributed by atoms with van der Waals surface area (Å²) < 4.78 is 30.2. The van der Waals surface area contributed by atoms with E-state index in [9.17, 15) is 18.0 Å². The standard InChI is InChI=1S/C17H24N2O5S/c1-13-6-4-5-11-19(13)16(20)12-24-17(21)14-7-9-15(10-8-14)25(22,23)18(2)3/h7-10,13H,4-6,11-12H2,1-3H3/t13-/m1/s1.